The summed E-state index contributed by atoms with van der Waals surface area (Å²) in [4.78, 5) is 11.8. The molecule has 0 saturated heterocycles. The van der Waals surface area contributed by atoms with E-state index in [1.165, 1.54) is 18.4 Å². The van der Waals surface area contributed by atoms with Gasteiger partial charge in [-0.1, -0.05) is 33.3 Å². The summed E-state index contributed by atoms with van der Waals surface area (Å²) in [6, 6.07) is 0. The van der Waals surface area contributed by atoms with E-state index in [0.717, 1.165) is 37.5 Å². The van der Waals surface area contributed by atoms with E-state index in [4.69, 9.17) is 0 Å². The fourth-order valence-electron chi connectivity index (χ4n) is 7.24. The molecule has 2 heteroatoms. The summed E-state index contributed by atoms with van der Waals surface area (Å²) in [7, 11) is 0. The van der Waals surface area contributed by atoms with Crippen LogP contribution in [-0.4, -0.2) is 17.0 Å². The lowest BCUT2D eigenvalue weighted by molar-refractivity contribution is -0.116. The molecule has 7 atom stereocenters. The molecule has 3 fully saturated rings. The van der Waals surface area contributed by atoms with Crippen LogP contribution in [0, 0.1) is 40.4 Å². The van der Waals surface area contributed by atoms with Gasteiger partial charge in [-0.05, 0) is 78.6 Å². The van der Waals surface area contributed by atoms with Crippen molar-refractivity contribution < 1.29 is 9.90 Å². The highest BCUT2D eigenvalue weighted by atomic mass is 16.3. The maximum atomic E-state index is 11.8. The summed E-state index contributed by atoms with van der Waals surface area (Å²) in [5.74, 6) is 3.79. The van der Waals surface area contributed by atoms with Crippen LogP contribution in [0.15, 0.2) is 11.6 Å². The molecule has 0 radical (unpaired) electrons. The Kier molecular flexibility index (Phi) is 3.41. The minimum absolute atomic E-state index is 0.0483. The van der Waals surface area contributed by atoms with E-state index in [-0.39, 0.29) is 16.9 Å². The van der Waals surface area contributed by atoms with Crippen LogP contribution >= 0.6 is 0 Å². The van der Waals surface area contributed by atoms with E-state index in [0.29, 0.717) is 23.5 Å². The average Bonchev–Trinajstić information content (AvgIpc) is 2.66. The monoisotopic (exact) mass is 316 g/mol. The van der Waals surface area contributed by atoms with Crippen LogP contribution in [0.3, 0.4) is 0 Å². The van der Waals surface area contributed by atoms with Gasteiger partial charge in [0.05, 0.1) is 6.10 Å². The summed E-state index contributed by atoms with van der Waals surface area (Å²) in [6.07, 6.45) is 8.33. The highest BCUT2D eigenvalue weighted by molar-refractivity contribution is 5.91. The average molecular weight is 316 g/mol. The molecule has 0 aromatic heterocycles. The second kappa shape index (κ2) is 4.94. The molecular formula is C21H32O2. The number of allylic oxidation sites excluding steroid dienone is 1. The number of ketones is 1. The molecule has 0 amide bonds. The Morgan fingerprint density at radius 1 is 1.22 bits per heavy atom. The largest absolute Gasteiger partial charge is 0.392 e. The molecule has 23 heavy (non-hydrogen) atoms. The van der Waals surface area contributed by atoms with Gasteiger partial charge in [0.25, 0.3) is 0 Å². The Hall–Kier alpha value is -0.630. The quantitative estimate of drug-likeness (QED) is 0.720. The van der Waals surface area contributed by atoms with Crippen LogP contribution in [0.25, 0.3) is 0 Å². The SMILES string of the molecule is CC1CC2=CC(=O)CC[C@@H]2[C@H]2CC[C@]3(C)C(O)C(C)(C)C[C@H]3[C@H]12. The summed E-state index contributed by atoms with van der Waals surface area (Å²) in [6.45, 7) is 9.27. The summed E-state index contributed by atoms with van der Waals surface area (Å²) >= 11 is 0. The maximum Gasteiger partial charge on any atom is 0.155 e. The lowest BCUT2D eigenvalue weighted by atomic mass is 9.49. The molecule has 0 aliphatic heterocycles. The summed E-state index contributed by atoms with van der Waals surface area (Å²) in [5.41, 5.74) is 1.61. The van der Waals surface area contributed by atoms with Crippen LogP contribution in [0.2, 0.25) is 0 Å². The lowest BCUT2D eigenvalue weighted by Crippen LogP contribution is -2.50. The van der Waals surface area contributed by atoms with E-state index >= 15 is 0 Å². The van der Waals surface area contributed by atoms with Gasteiger partial charge in [-0.25, -0.2) is 0 Å². The standard InChI is InChI=1S/C21H32O2/c1-12-9-13-10-14(22)5-6-15(13)16-7-8-21(4)17(18(12)16)11-20(2,3)19(21)23/h10,12,15-19,23H,5-9,11H2,1-4H3/t12?,15-,16+,17-,18+,19?,21-/m0/s1. The number of hydrogen-bond acceptors (Lipinski definition) is 2. The summed E-state index contributed by atoms with van der Waals surface area (Å²) < 4.78 is 0. The number of aliphatic hydroxyl groups is 1. The van der Waals surface area contributed by atoms with E-state index in [9.17, 15) is 9.90 Å². The lowest BCUT2D eigenvalue weighted by Gasteiger charge is -2.55. The van der Waals surface area contributed by atoms with Crippen LogP contribution < -0.4 is 0 Å². The first-order chi connectivity index (χ1) is 10.7. The highest BCUT2D eigenvalue weighted by Gasteiger charge is 2.62. The van der Waals surface area contributed by atoms with Crippen molar-refractivity contribution >= 4 is 5.78 Å². The molecule has 4 rings (SSSR count). The Bertz CT molecular complexity index is 560. The van der Waals surface area contributed by atoms with Crippen LogP contribution in [-0.2, 0) is 4.79 Å². The molecule has 0 aromatic rings. The van der Waals surface area contributed by atoms with Crippen molar-refractivity contribution in [2.75, 3.05) is 0 Å². The Morgan fingerprint density at radius 3 is 2.70 bits per heavy atom. The molecule has 4 aliphatic rings. The van der Waals surface area contributed by atoms with Crippen LogP contribution in [0.5, 0.6) is 0 Å². The number of carbonyl (C=O) groups excluding carboxylic acids is 1. The zero-order chi connectivity index (χ0) is 16.6. The molecule has 2 unspecified atom stereocenters. The van der Waals surface area contributed by atoms with E-state index in [2.05, 4.69) is 27.7 Å². The van der Waals surface area contributed by atoms with Crippen molar-refractivity contribution in [1.29, 1.82) is 0 Å². The van der Waals surface area contributed by atoms with E-state index in [1.807, 2.05) is 6.08 Å². The second-order valence-electron chi connectivity index (χ2n) is 10.00. The van der Waals surface area contributed by atoms with Gasteiger partial charge in [0, 0.05) is 6.42 Å². The maximum absolute atomic E-state index is 11.8. The summed E-state index contributed by atoms with van der Waals surface area (Å²) in [5, 5.41) is 11.0. The minimum atomic E-state index is -0.168. The predicted molar refractivity (Wildman–Crippen MR) is 91.8 cm³/mol. The van der Waals surface area contributed by atoms with Gasteiger partial charge in [0.15, 0.2) is 5.78 Å². The van der Waals surface area contributed by atoms with E-state index < -0.39 is 0 Å². The molecule has 4 aliphatic carbocycles. The zero-order valence-electron chi connectivity index (χ0n) is 15.1. The Balaban J connectivity index is 1.70. The Labute approximate surface area is 140 Å². The molecule has 0 spiro atoms. The third-order valence-electron chi connectivity index (χ3n) is 8.19. The minimum Gasteiger partial charge on any atom is -0.392 e. The smallest absolute Gasteiger partial charge is 0.155 e. The van der Waals surface area contributed by atoms with Gasteiger partial charge >= 0.3 is 0 Å². The fourth-order valence-corrected chi connectivity index (χ4v) is 7.24. The number of carbonyl (C=O) groups is 1. The van der Waals surface area contributed by atoms with Crippen molar-refractivity contribution in [3.05, 3.63) is 11.6 Å². The third kappa shape index (κ3) is 2.13. The van der Waals surface area contributed by atoms with E-state index in [1.54, 1.807) is 0 Å². The predicted octanol–water partition coefficient (Wildman–Crippen LogP) is 4.37. The molecule has 1 N–H and O–H groups in total. The first kappa shape index (κ1) is 15.9. The van der Waals surface area contributed by atoms with Crippen molar-refractivity contribution in [3.63, 3.8) is 0 Å². The molecular weight excluding hydrogens is 284 g/mol. The zero-order valence-corrected chi connectivity index (χ0v) is 15.1. The van der Waals surface area contributed by atoms with Gasteiger partial charge in [0.2, 0.25) is 0 Å². The number of aliphatic hydroxyl groups excluding tert-OH is 1. The number of fused-ring (bicyclic) bond motifs is 5. The molecule has 0 heterocycles. The van der Waals surface area contributed by atoms with Gasteiger partial charge in [-0.15, -0.1) is 0 Å². The van der Waals surface area contributed by atoms with Gasteiger partial charge in [-0.2, -0.15) is 0 Å². The number of rotatable bonds is 0. The molecule has 3 saturated carbocycles. The molecule has 2 nitrogen and oxygen atoms in total. The third-order valence-corrected chi connectivity index (χ3v) is 8.19. The first-order valence-electron chi connectivity index (χ1n) is 9.65. The molecule has 128 valence electrons. The molecule has 0 aromatic carbocycles. The van der Waals surface area contributed by atoms with Crippen molar-refractivity contribution in [2.24, 2.45) is 40.4 Å². The topological polar surface area (TPSA) is 37.3 Å². The Morgan fingerprint density at radius 2 is 1.96 bits per heavy atom. The second-order valence-corrected chi connectivity index (χ2v) is 10.00. The normalized spacial score (nSPS) is 51.5. The van der Waals surface area contributed by atoms with Crippen molar-refractivity contribution in [2.45, 2.75) is 72.3 Å². The van der Waals surface area contributed by atoms with Crippen LogP contribution in [0.4, 0.5) is 0 Å². The highest BCUT2D eigenvalue weighted by Crippen LogP contribution is 2.66. The van der Waals surface area contributed by atoms with Gasteiger partial charge in [-0.3, -0.25) is 4.79 Å². The van der Waals surface area contributed by atoms with Gasteiger partial charge in [0.1, 0.15) is 0 Å². The van der Waals surface area contributed by atoms with Crippen molar-refractivity contribution in [3.8, 4) is 0 Å². The van der Waals surface area contributed by atoms with Crippen molar-refractivity contribution in [1.82, 2.24) is 0 Å². The fraction of sp³-hybridized carbons (Fsp3) is 0.857. The number of hydrogen-bond donors (Lipinski definition) is 1. The molecule has 0 bridgehead atoms. The van der Waals surface area contributed by atoms with Gasteiger partial charge < -0.3 is 5.11 Å². The van der Waals surface area contributed by atoms with Crippen LogP contribution in [0.1, 0.15) is 66.2 Å². The first-order valence-corrected chi connectivity index (χ1v) is 9.65.